The molecule has 7 heteroatoms. The lowest BCUT2D eigenvalue weighted by Crippen LogP contribution is -2.12. The van der Waals surface area contributed by atoms with Gasteiger partial charge in [0.1, 0.15) is 15.4 Å². The predicted octanol–water partition coefficient (Wildman–Crippen LogP) is 0.348. The molecule has 88 valence electrons. The molecular formula is C10H10N4O2S. The molecule has 2 rings (SSSR count). The highest BCUT2D eigenvalue weighted by molar-refractivity contribution is 7.90. The minimum Gasteiger partial charge on any atom is -0.244 e. The molecule has 0 amide bonds. The average molecular weight is 250 g/mol. The Kier molecular flexibility index (Phi) is 2.81. The minimum atomic E-state index is -3.04. The van der Waals surface area contributed by atoms with E-state index in [-0.39, 0.29) is 12.3 Å². The fourth-order valence-corrected chi connectivity index (χ4v) is 1.96. The maximum atomic E-state index is 11.1. The van der Waals surface area contributed by atoms with Crippen LogP contribution >= 0.6 is 0 Å². The number of hydrogen-bond donors (Lipinski definition) is 0. The number of nitrogens with zero attached hydrogens (tertiary/aromatic N) is 4. The van der Waals surface area contributed by atoms with E-state index in [1.165, 1.54) is 10.9 Å². The zero-order chi connectivity index (χ0) is 12.5. The van der Waals surface area contributed by atoms with Crippen LogP contribution < -0.4 is 0 Å². The normalized spacial score (nSPS) is 11.5. The number of aryl methyl sites for hydroxylation is 1. The second-order valence-electron chi connectivity index (χ2n) is 3.76. The second kappa shape index (κ2) is 4.14. The van der Waals surface area contributed by atoms with Gasteiger partial charge in [0.2, 0.25) is 0 Å². The number of benzene rings is 1. The Morgan fingerprint density at radius 3 is 2.88 bits per heavy atom. The van der Waals surface area contributed by atoms with Gasteiger partial charge in [0.25, 0.3) is 0 Å². The van der Waals surface area contributed by atoms with Crippen LogP contribution in [0.4, 0.5) is 0 Å². The van der Waals surface area contributed by atoms with Gasteiger partial charge in [0, 0.05) is 6.26 Å². The summed E-state index contributed by atoms with van der Waals surface area (Å²) in [5, 5.41) is 16.6. The fourth-order valence-electron chi connectivity index (χ4n) is 1.45. The van der Waals surface area contributed by atoms with Gasteiger partial charge in [-0.05, 0) is 18.2 Å². The van der Waals surface area contributed by atoms with Gasteiger partial charge in [-0.25, -0.2) is 13.1 Å². The molecule has 17 heavy (non-hydrogen) atoms. The molecule has 0 aliphatic carbocycles. The van der Waals surface area contributed by atoms with Crippen LogP contribution in [-0.2, 0) is 16.4 Å². The number of sulfone groups is 1. The smallest absolute Gasteiger partial charge is 0.149 e. The average Bonchev–Trinajstić information content (AvgIpc) is 2.67. The van der Waals surface area contributed by atoms with Gasteiger partial charge in [-0.2, -0.15) is 5.26 Å². The van der Waals surface area contributed by atoms with Gasteiger partial charge in [-0.15, -0.1) is 5.10 Å². The Labute approximate surface area is 98.4 Å². The molecule has 1 aromatic heterocycles. The van der Waals surface area contributed by atoms with Crippen LogP contribution in [0.2, 0.25) is 0 Å². The van der Waals surface area contributed by atoms with Crippen LogP contribution in [0.5, 0.6) is 0 Å². The Balaban J connectivity index is 2.38. The molecule has 2 aromatic rings. The van der Waals surface area contributed by atoms with Crippen molar-refractivity contribution < 1.29 is 8.42 Å². The molecule has 0 unspecified atom stereocenters. The van der Waals surface area contributed by atoms with Crippen LogP contribution in [0.15, 0.2) is 18.2 Å². The van der Waals surface area contributed by atoms with Crippen LogP contribution in [0, 0.1) is 11.3 Å². The molecule has 1 aromatic carbocycles. The zero-order valence-electron chi connectivity index (χ0n) is 9.16. The molecule has 0 fully saturated rings. The Bertz CT molecular complexity index is 697. The van der Waals surface area contributed by atoms with E-state index in [1.54, 1.807) is 18.2 Å². The molecule has 0 atom stereocenters. The molecule has 0 aliphatic heterocycles. The predicted molar refractivity (Wildman–Crippen MR) is 62.0 cm³/mol. The van der Waals surface area contributed by atoms with Crippen molar-refractivity contribution in [2.45, 2.75) is 6.54 Å². The lowest BCUT2D eigenvalue weighted by atomic mass is 10.2. The van der Waals surface area contributed by atoms with Crippen LogP contribution in [-0.4, -0.2) is 35.4 Å². The molecular weight excluding hydrogens is 240 g/mol. The van der Waals surface area contributed by atoms with Gasteiger partial charge in [0.15, 0.2) is 0 Å². The number of rotatable bonds is 3. The van der Waals surface area contributed by atoms with Crippen molar-refractivity contribution in [3.8, 4) is 6.07 Å². The molecule has 0 N–H and O–H groups in total. The lowest BCUT2D eigenvalue weighted by Gasteiger charge is -2.00. The molecule has 1 heterocycles. The zero-order valence-corrected chi connectivity index (χ0v) is 9.98. The van der Waals surface area contributed by atoms with Crippen molar-refractivity contribution in [1.82, 2.24) is 15.0 Å². The molecule has 0 spiro atoms. The third-order valence-corrected chi connectivity index (χ3v) is 3.24. The van der Waals surface area contributed by atoms with E-state index in [4.69, 9.17) is 5.26 Å². The van der Waals surface area contributed by atoms with E-state index in [9.17, 15) is 8.42 Å². The van der Waals surface area contributed by atoms with E-state index >= 15 is 0 Å². The summed E-state index contributed by atoms with van der Waals surface area (Å²) in [6.07, 6.45) is 1.17. The summed E-state index contributed by atoms with van der Waals surface area (Å²) in [5.41, 5.74) is 1.82. The van der Waals surface area contributed by atoms with E-state index in [1.807, 2.05) is 6.07 Å². The highest BCUT2D eigenvalue weighted by Crippen LogP contribution is 2.13. The first kappa shape index (κ1) is 11.5. The monoisotopic (exact) mass is 250 g/mol. The molecule has 0 aliphatic rings. The summed E-state index contributed by atoms with van der Waals surface area (Å²) in [6, 6.07) is 7.01. The Hall–Kier alpha value is -1.94. The summed E-state index contributed by atoms with van der Waals surface area (Å²) in [4.78, 5) is 0. The van der Waals surface area contributed by atoms with Crippen molar-refractivity contribution in [3.63, 3.8) is 0 Å². The second-order valence-corrected chi connectivity index (χ2v) is 6.02. The topological polar surface area (TPSA) is 88.6 Å². The highest BCUT2D eigenvalue weighted by atomic mass is 32.2. The van der Waals surface area contributed by atoms with Gasteiger partial charge < -0.3 is 0 Å². The number of nitriles is 1. The van der Waals surface area contributed by atoms with E-state index in [2.05, 4.69) is 10.3 Å². The summed E-state index contributed by atoms with van der Waals surface area (Å²) >= 11 is 0. The Morgan fingerprint density at radius 1 is 1.47 bits per heavy atom. The quantitative estimate of drug-likeness (QED) is 0.784. The summed E-state index contributed by atoms with van der Waals surface area (Å²) in [5.74, 6) is 0.00222. The Morgan fingerprint density at radius 2 is 2.24 bits per heavy atom. The first-order chi connectivity index (χ1) is 7.99. The van der Waals surface area contributed by atoms with Crippen molar-refractivity contribution in [2.75, 3.05) is 12.0 Å². The van der Waals surface area contributed by atoms with Crippen LogP contribution in [0.25, 0.3) is 11.0 Å². The molecule has 0 saturated heterocycles. The third-order valence-electron chi connectivity index (χ3n) is 2.32. The van der Waals surface area contributed by atoms with Crippen molar-refractivity contribution in [3.05, 3.63) is 23.8 Å². The molecule has 6 nitrogen and oxygen atoms in total. The van der Waals surface area contributed by atoms with Crippen molar-refractivity contribution in [1.29, 1.82) is 5.26 Å². The largest absolute Gasteiger partial charge is 0.244 e. The van der Waals surface area contributed by atoms with E-state index in [0.29, 0.717) is 16.6 Å². The minimum absolute atomic E-state index is 0.00222. The highest BCUT2D eigenvalue weighted by Gasteiger charge is 2.08. The summed E-state index contributed by atoms with van der Waals surface area (Å²) in [6.45, 7) is 0.240. The maximum absolute atomic E-state index is 11.1. The van der Waals surface area contributed by atoms with Crippen LogP contribution in [0.3, 0.4) is 0 Å². The molecule has 0 bridgehead atoms. The number of fused-ring (bicyclic) bond motifs is 1. The first-order valence-electron chi connectivity index (χ1n) is 4.91. The van der Waals surface area contributed by atoms with Gasteiger partial charge in [-0.3, -0.25) is 0 Å². The van der Waals surface area contributed by atoms with E-state index in [0.717, 1.165) is 0 Å². The van der Waals surface area contributed by atoms with Crippen molar-refractivity contribution >= 4 is 20.9 Å². The summed E-state index contributed by atoms with van der Waals surface area (Å²) < 4.78 is 23.6. The maximum Gasteiger partial charge on any atom is 0.149 e. The molecule has 0 radical (unpaired) electrons. The van der Waals surface area contributed by atoms with Gasteiger partial charge in [0.05, 0.1) is 29.4 Å². The fraction of sp³-hybridized carbons (Fsp3) is 0.300. The molecule has 0 saturated carbocycles. The summed E-state index contributed by atoms with van der Waals surface area (Å²) in [7, 11) is -3.04. The van der Waals surface area contributed by atoms with Gasteiger partial charge >= 0.3 is 0 Å². The van der Waals surface area contributed by atoms with E-state index < -0.39 is 9.84 Å². The van der Waals surface area contributed by atoms with Gasteiger partial charge in [-0.1, -0.05) is 5.21 Å². The number of hydrogen-bond acceptors (Lipinski definition) is 5. The third kappa shape index (κ3) is 2.60. The van der Waals surface area contributed by atoms with Crippen LogP contribution in [0.1, 0.15) is 5.56 Å². The first-order valence-corrected chi connectivity index (χ1v) is 6.97. The SMILES string of the molecule is CS(=O)(=O)CCn1nnc2ccc(C#N)cc21. The van der Waals surface area contributed by atoms with Crippen molar-refractivity contribution in [2.24, 2.45) is 0 Å². The number of aromatic nitrogens is 3. The standard InChI is InChI=1S/C10H10N4O2S/c1-17(15,16)5-4-14-10-6-8(7-11)2-3-9(10)12-13-14/h2-3,6H,4-5H2,1H3. The lowest BCUT2D eigenvalue weighted by molar-refractivity contribution is 0.585.